The molecular formula is C12H16N2O. The quantitative estimate of drug-likeness (QED) is 0.456. The van der Waals surface area contributed by atoms with Crippen LogP contribution >= 0.6 is 0 Å². The predicted molar refractivity (Wildman–Crippen MR) is 61.7 cm³/mol. The van der Waals surface area contributed by atoms with Crippen LogP contribution in [0.4, 0.5) is 5.69 Å². The molecule has 3 heteroatoms. The summed E-state index contributed by atoms with van der Waals surface area (Å²) in [5.74, 6) is 0.440. The number of oxime groups is 1. The SMILES string of the molecule is ON=CC1CCN(c2ccccc2)CC1. The van der Waals surface area contributed by atoms with Gasteiger partial charge in [-0.15, -0.1) is 5.16 Å². The van der Waals surface area contributed by atoms with Crippen LogP contribution in [0, 0.1) is 5.92 Å². The summed E-state index contributed by atoms with van der Waals surface area (Å²) in [7, 11) is 0. The lowest BCUT2D eigenvalue weighted by molar-refractivity contribution is 0.316. The van der Waals surface area contributed by atoms with E-state index >= 15 is 0 Å². The van der Waals surface area contributed by atoms with Crippen molar-refractivity contribution >= 4 is 11.9 Å². The zero-order valence-corrected chi connectivity index (χ0v) is 8.71. The molecule has 1 heterocycles. The molecule has 1 aliphatic rings. The summed E-state index contributed by atoms with van der Waals surface area (Å²) in [6.45, 7) is 2.08. The lowest BCUT2D eigenvalue weighted by atomic mass is 9.98. The summed E-state index contributed by atoms with van der Waals surface area (Å²) < 4.78 is 0. The fraction of sp³-hybridized carbons (Fsp3) is 0.417. The van der Waals surface area contributed by atoms with E-state index in [0.29, 0.717) is 5.92 Å². The minimum Gasteiger partial charge on any atom is -0.411 e. The zero-order chi connectivity index (χ0) is 10.5. The van der Waals surface area contributed by atoms with Crippen LogP contribution in [0.5, 0.6) is 0 Å². The van der Waals surface area contributed by atoms with Gasteiger partial charge in [0.2, 0.25) is 0 Å². The van der Waals surface area contributed by atoms with Crippen molar-refractivity contribution in [2.75, 3.05) is 18.0 Å². The van der Waals surface area contributed by atoms with Crippen LogP contribution in [0.25, 0.3) is 0 Å². The van der Waals surface area contributed by atoms with Gasteiger partial charge in [-0.1, -0.05) is 18.2 Å². The van der Waals surface area contributed by atoms with Crippen LogP contribution in [0.2, 0.25) is 0 Å². The van der Waals surface area contributed by atoms with Gasteiger partial charge in [0, 0.05) is 30.9 Å². The Kier molecular flexibility index (Phi) is 3.22. The maximum Gasteiger partial charge on any atom is 0.0468 e. The van der Waals surface area contributed by atoms with Crippen LogP contribution in [0.15, 0.2) is 35.5 Å². The molecule has 0 amide bonds. The van der Waals surface area contributed by atoms with Crippen molar-refractivity contribution < 1.29 is 5.21 Å². The van der Waals surface area contributed by atoms with E-state index in [1.54, 1.807) is 6.21 Å². The second kappa shape index (κ2) is 4.82. The summed E-state index contributed by atoms with van der Waals surface area (Å²) in [6.07, 6.45) is 3.79. The van der Waals surface area contributed by atoms with Gasteiger partial charge in [0.25, 0.3) is 0 Å². The van der Waals surface area contributed by atoms with Crippen molar-refractivity contribution in [1.29, 1.82) is 0 Å². The predicted octanol–water partition coefficient (Wildman–Crippen LogP) is 2.36. The van der Waals surface area contributed by atoms with Crippen molar-refractivity contribution in [3.8, 4) is 0 Å². The van der Waals surface area contributed by atoms with Crippen molar-refractivity contribution in [2.24, 2.45) is 11.1 Å². The Hall–Kier alpha value is -1.51. The third-order valence-corrected chi connectivity index (χ3v) is 2.94. The third-order valence-electron chi connectivity index (χ3n) is 2.94. The molecular weight excluding hydrogens is 188 g/mol. The second-order valence-electron chi connectivity index (χ2n) is 3.92. The maximum atomic E-state index is 8.46. The maximum absolute atomic E-state index is 8.46. The number of nitrogens with zero attached hydrogens (tertiary/aromatic N) is 2. The number of hydrogen-bond acceptors (Lipinski definition) is 3. The number of rotatable bonds is 2. The van der Waals surface area contributed by atoms with E-state index in [1.165, 1.54) is 5.69 Å². The Morgan fingerprint density at radius 1 is 1.20 bits per heavy atom. The van der Waals surface area contributed by atoms with E-state index in [4.69, 9.17) is 5.21 Å². The van der Waals surface area contributed by atoms with Crippen molar-refractivity contribution in [1.82, 2.24) is 0 Å². The number of anilines is 1. The molecule has 0 aromatic heterocycles. The lowest BCUT2D eigenvalue weighted by Gasteiger charge is -2.31. The van der Waals surface area contributed by atoms with Crippen LogP contribution in [-0.2, 0) is 0 Å². The lowest BCUT2D eigenvalue weighted by Crippen LogP contribution is -2.34. The molecule has 0 unspecified atom stereocenters. The van der Waals surface area contributed by atoms with Gasteiger partial charge < -0.3 is 10.1 Å². The molecule has 3 nitrogen and oxygen atoms in total. The van der Waals surface area contributed by atoms with Gasteiger partial charge in [0.05, 0.1) is 0 Å². The fourth-order valence-electron chi connectivity index (χ4n) is 2.04. The largest absolute Gasteiger partial charge is 0.411 e. The molecule has 15 heavy (non-hydrogen) atoms. The van der Waals surface area contributed by atoms with E-state index in [1.807, 2.05) is 6.07 Å². The molecule has 0 spiro atoms. The molecule has 1 saturated heterocycles. The van der Waals surface area contributed by atoms with Crippen LogP contribution in [-0.4, -0.2) is 24.5 Å². The first kappa shape index (κ1) is 10.0. The molecule has 0 bridgehead atoms. The second-order valence-corrected chi connectivity index (χ2v) is 3.92. The highest BCUT2D eigenvalue weighted by Crippen LogP contribution is 2.21. The molecule has 1 fully saturated rings. The highest BCUT2D eigenvalue weighted by atomic mass is 16.4. The molecule has 80 valence electrons. The van der Waals surface area contributed by atoms with E-state index in [0.717, 1.165) is 25.9 Å². The highest BCUT2D eigenvalue weighted by Gasteiger charge is 2.17. The van der Waals surface area contributed by atoms with Gasteiger partial charge in [-0.2, -0.15) is 0 Å². The van der Waals surface area contributed by atoms with Gasteiger partial charge in [-0.3, -0.25) is 0 Å². The molecule has 1 aromatic carbocycles. The van der Waals surface area contributed by atoms with E-state index < -0.39 is 0 Å². The minimum absolute atomic E-state index is 0.440. The summed E-state index contributed by atoms with van der Waals surface area (Å²) in [6, 6.07) is 10.4. The first-order chi connectivity index (χ1) is 7.40. The van der Waals surface area contributed by atoms with Crippen LogP contribution in [0.3, 0.4) is 0 Å². The fourth-order valence-corrected chi connectivity index (χ4v) is 2.04. The monoisotopic (exact) mass is 204 g/mol. The van der Waals surface area contributed by atoms with Gasteiger partial charge in [0.15, 0.2) is 0 Å². The molecule has 0 radical (unpaired) electrons. The van der Waals surface area contributed by atoms with E-state index in [2.05, 4.69) is 34.3 Å². The van der Waals surface area contributed by atoms with Crippen LogP contribution in [0.1, 0.15) is 12.8 Å². The Labute approximate surface area is 90.0 Å². The number of hydrogen-bond donors (Lipinski definition) is 1. The van der Waals surface area contributed by atoms with Gasteiger partial charge in [-0.25, -0.2) is 0 Å². The average Bonchev–Trinajstić information content (AvgIpc) is 2.32. The molecule has 1 aliphatic heterocycles. The normalized spacial score (nSPS) is 18.5. The van der Waals surface area contributed by atoms with Gasteiger partial charge in [-0.05, 0) is 25.0 Å². The summed E-state index contributed by atoms with van der Waals surface area (Å²) >= 11 is 0. The smallest absolute Gasteiger partial charge is 0.0468 e. The molecule has 0 saturated carbocycles. The molecule has 2 rings (SSSR count). The Morgan fingerprint density at radius 3 is 2.47 bits per heavy atom. The Balaban J connectivity index is 1.94. The number of para-hydroxylation sites is 1. The van der Waals surface area contributed by atoms with E-state index in [-0.39, 0.29) is 0 Å². The Bertz CT molecular complexity index is 316. The zero-order valence-electron chi connectivity index (χ0n) is 8.71. The highest BCUT2D eigenvalue weighted by molar-refractivity contribution is 5.60. The summed E-state index contributed by atoms with van der Waals surface area (Å²) in [4.78, 5) is 2.38. The average molecular weight is 204 g/mol. The molecule has 1 N–H and O–H groups in total. The molecule has 0 aliphatic carbocycles. The molecule has 0 atom stereocenters. The van der Waals surface area contributed by atoms with Crippen molar-refractivity contribution in [3.63, 3.8) is 0 Å². The minimum atomic E-state index is 0.440. The number of benzene rings is 1. The summed E-state index contributed by atoms with van der Waals surface area (Å²) in [5, 5.41) is 11.6. The molecule has 1 aromatic rings. The first-order valence-electron chi connectivity index (χ1n) is 5.37. The van der Waals surface area contributed by atoms with Gasteiger partial charge in [0.1, 0.15) is 0 Å². The Morgan fingerprint density at radius 2 is 1.87 bits per heavy atom. The van der Waals surface area contributed by atoms with E-state index in [9.17, 15) is 0 Å². The van der Waals surface area contributed by atoms with Crippen LogP contribution < -0.4 is 4.90 Å². The summed E-state index contributed by atoms with van der Waals surface area (Å²) in [5.41, 5.74) is 1.29. The third kappa shape index (κ3) is 2.49. The van der Waals surface area contributed by atoms with Crippen molar-refractivity contribution in [3.05, 3.63) is 30.3 Å². The standard InChI is InChI=1S/C12H16N2O/c15-13-10-11-6-8-14(9-7-11)12-4-2-1-3-5-12/h1-5,10-11,15H,6-9H2. The first-order valence-corrected chi connectivity index (χ1v) is 5.37. The van der Waals surface area contributed by atoms with Crippen molar-refractivity contribution in [2.45, 2.75) is 12.8 Å². The number of piperidine rings is 1. The van der Waals surface area contributed by atoms with Gasteiger partial charge >= 0.3 is 0 Å². The topological polar surface area (TPSA) is 35.8 Å².